The highest BCUT2D eigenvalue weighted by Gasteiger charge is 2.44. The zero-order chi connectivity index (χ0) is 28.5. The zero-order valence-electron chi connectivity index (χ0n) is 24.2. The molecule has 1 unspecified atom stereocenters. The molecule has 0 amide bonds. The van der Waals surface area contributed by atoms with Crippen molar-refractivity contribution in [1.29, 1.82) is 0 Å². The Morgan fingerprint density at radius 1 is 0.929 bits per heavy atom. The van der Waals surface area contributed by atoms with Crippen LogP contribution in [0.15, 0.2) is 97.3 Å². The molecule has 3 aromatic carbocycles. The summed E-state index contributed by atoms with van der Waals surface area (Å²) >= 11 is 0. The minimum Gasteiger partial charge on any atom is -0.497 e. The highest BCUT2D eigenvalue weighted by Crippen LogP contribution is 2.45. The lowest BCUT2D eigenvalue weighted by atomic mass is 9.72. The first-order valence-electron chi connectivity index (χ1n) is 15.0. The highest BCUT2D eigenvalue weighted by molar-refractivity contribution is 5.84. The molecule has 8 rings (SSSR count). The Hall–Kier alpha value is -4.29. The highest BCUT2D eigenvalue weighted by atomic mass is 16.5. The minimum absolute atomic E-state index is 0.224. The van der Waals surface area contributed by atoms with Crippen LogP contribution in [0.3, 0.4) is 0 Å². The molecule has 6 heteroatoms. The molecule has 0 saturated carbocycles. The van der Waals surface area contributed by atoms with Crippen molar-refractivity contribution in [2.24, 2.45) is 11.8 Å². The molecule has 212 valence electrons. The number of aromatic nitrogens is 3. The lowest BCUT2D eigenvalue weighted by Gasteiger charge is -2.52. The van der Waals surface area contributed by atoms with Crippen LogP contribution < -0.4 is 9.47 Å². The number of piperidine rings is 3. The van der Waals surface area contributed by atoms with Gasteiger partial charge in [0.15, 0.2) is 5.82 Å². The summed E-state index contributed by atoms with van der Waals surface area (Å²) in [6.45, 7) is 4.54. The standard InChI is InChI=1S/C36H36N4O2/c1-3-24-23-40-19-17-27(24)20-33(40)34(29-16-18-37-32-15-14-28(41-2)21-30(29)32)42-36-31(25-10-6-4-7-11-25)22-38-35(39-36)26-12-8-5-9-13-26/h4-16,18,21-22,24,27,33-34H,3,17,19-20,23H2,1-2H3/t24-,27-,33-,34+/m0/s1. The fourth-order valence-corrected chi connectivity index (χ4v) is 6.95. The molecule has 3 aliphatic rings. The molecule has 42 heavy (non-hydrogen) atoms. The van der Waals surface area contributed by atoms with Crippen LogP contribution in [0.1, 0.15) is 37.9 Å². The Labute approximate surface area is 247 Å². The number of rotatable bonds is 8. The van der Waals surface area contributed by atoms with Crippen LogP contribution in [-0.4, -0.2) is 46.1 Å². The second-order valence-electron chi connectivity index (χ2n) is 11.5. The molecule has 0 aliphatic carbocycles. The van der Waals surface area contributed by atoms with E-state index in [1.54, 1.807) is 7.11 Å². The van der Waals surface area contributed by atoms with Gasteiger partial charge < -0.3 is 9.47 Å². The van der Waals surface area contributed by atoms with E-state index in [9.17, 15) is 0 Å². The molecule has 3 saturated heterocycles. The van der Waals surface area contributed by atoms with Gasteiger partial charge in [-0.15, -0.1) is 0 Å². The number of methoxy groups -OCH3 is 1. The zero-order valence-corrected chi connectivity index (χ0v) is 24.2. The molecule has 0 N–H and O–H groups in total. The van der Waals surface area contributed by atoms with E-state index < -0.39 is 0 Å². The lowest BCUT2D eigenvalue weighted by molar-refractivity contribution is -0.0492. The van der Waals surface area contributed by atoms with Gasteiger partial charge in [-0.1, -0.05) is 74.0 Å². The summed E-state index contributed by atoms with van der Waals surface area (Å²) in [4.78, 5) is 17.2. The Morgan fingerprint density at radius 3 is 2.43 bits per heavy atom. The van der Waals surface area contributed by atoms with Crippen molar-refractivity contribution < 1.29 is 9.47 Å². The van der Waals surface area contributed by atoms with Gasteiger partial charge in [-0.3, -0.25) is 9.88 Å². The molecular weight excluding hydrogens is 520 g/mol. The van der Waals surface area contributed by atoms with Gasteiger partial charge in [0, 0.05) is 35.5 Å². The summed E-state index contributed by atoms with van der Waals surface area (Å²) in [7, 11) is 1.71. The van der Waals surface area contributed by atoms with Crippen LogP contribution in [0.2, 0.25) is 0 Å². The molecular formula is C36H36N4O2. The van der Waals surface area contributed by atoms with Crippen molar-refractivity contribution >= 4 is 10.9 Å². The van der Waals surface area contributed by atoms with Crippen LogP contribution in [0.25, 0.3) is 33.4 Å². The summed E-state index contributed by atoms with van der Waals surface area (Å²) in [6, 6.07) is 28.8. The Morgan fingerprint density at radius 2 is 1.71 bits per heavy atom. The Bertz CT molecular complexity index is 1680. The fourth-order valence-electron chi connectivity index (χ4n) is 6.95. The summed E-state index contributed by atoms with van der Waals surface area (Å²) in [5, 5.41) is 1.05. The van der Waals surface area contributed by atoms with E-state index in [0.717, 1.165) is 64.3 Å². The lowest BCUT2D eigenvalue weighted by Crippen LogP contribution is -2.56. The Kier molecular flexibility index (Phi) is 7.30. The van der Waals surface area contributed by atoms with Gasteiger partial charge >= 0.3 is 0 Å². The molecule has 0 radical (unpaired) electrons. The fraction of sp³-hybridized carbons (Fsp3) is 0.306. The van der Waals surface area contributed by atoms with Crippen molar-refractivity contribution in [2.45, 2.75) is 38.3 Å². The van der Waals surface area contributed by atoms with Gasteiger partial charge in [-0.2, -0.15) is 4.98 Å². The first kappa shape index (κ1) is 26.6. The predicted octanol–water partition coefficient (Wildman–Crippen LogP) is 7.61. The molecule has 2 aromatic heterocycles. The molecule has 5 aromatic rings. The van der Waals surface area contributed by atoms with Gasteiger partial charge in [0.2, 0.25) is 5.88 Å². The Balaban J connectivity index is 1.38. The number of benzene rings is 3. The first-order valence-corrected chi connectivity index (χ1v) is 15.0. The molecule has 5 heterocycles. The molecule has 0 spiro atoms. The maximum absolute atomic E-state index is 7.23. The maximum atomic E-state index is 7.23. The molecule has 3 fully saturated rings. The number of hydrogen-bond donors (Lipinski definition) is 0. The van der Waals surface area contributed by atoms with Crippen LogP contribution in [0.5, 0.6) is 11.6 Å². The molecule has 5 atom stereocenters. The molecule has 2 bridgehead atoms. The molecule has 6 nitrogen and oxygen atoms in total. The third kappa shape index (κ3) is 5.01. The maximum Gasteiger partial charge on any atom is 0.225 e. The second kappa shape index (κ2) is 11.5. The number of pyridine rings is 1. The summed E-state index contributed by atoms with van der Waals surface area (Å²) in [5.74, 6) is 3.51. The van der Waals surface area contributed by atoms with E-state index in [2.05, 4.69) is 36.1 Å². The predicted molar refractivity (Wildman–Crippen MR) is 166 cm³/mol. The van der Waals surface area contributed by atoms with E-state index in [0.29, 0.717) is 17.6 Å². The third-order valence-corrected chi connectivity index (χ3v) is 9.21. The average molecular weight is 557 g/mol. The quantitative estimate of drug-likeness (QED) is 0.196. The summed E-state index contributed by atoms with van der Waals surface area (Å²) < 4.78 is 12.9. The number of fused-ring (bicyclic) bond motifs is 4. The molecule has 3 aliphatic heterocycles. The van der Waals surface area contributed by atoms with Gasteiger partial charge in [0.25, 0.3) is 0 Å². The number of hydrogen-bond acceptors (Lipinski definition) is 6. The topological polar surface area (TPSA) is 60.4 Å². The van der Waals surface area contributed by atoms with E-state index in [1.165, 1.54) is 12.8 Å². The summed E-state index contributed by atoms with van der Waals surface area (Å²) in [5.41, 5.74) is 4.93. The van der Waals surface area contributed by atoms with Crippen LogP contribution in [-0.2, 0) is 0 Å². The van der Waals surface area contributed by atoms with Gasteiger partial charge in [-0.25, -0.2) is 4.98 Å². The van der Waals surface area contributed by atoms with E-state index in [1.807, 2.05) is 73.1 Å². The smallest absolute Gasteiger partial charge is 0.225 e. The number of nitrogens with zero attached hydrogens (tertiary/aromatic N) is 4. The van der Waals surface area contributed by atoms with Gasteiger partial charge in [-0.05, 0) is 61.1 Å². The normalized spacial score (nSPS) is 22.1. The second-order valence-corrected chi connectivity index (χ2v) is 11.5. The van der Waals surface area contributed by atoms with E-state index in [4.69, 9.17) is 24.4 Å². The van der Waals surface area contributed by atoms with Crippen LogP contribution in [0.4, 0.5) is 0 Å². The van der Waals surface area contributed by atoms with Crippen LogP contribution in [0, 0.1) is 11.8 Å². The van der Waals surface area contributed by atoms with Crippen LogP contribution >= 0.6 is 0 Å². The summed E-state index contributed by atoms with van der Waals surface area (Å²) in [6.07, 6.45) is 7.15. The van der Waals surface area contributed by atoms with Crippen molar-refractivity contribution in [3.05, 3.63) is 103 Å². The SMILES string of the molecule is CC[C@H]1CN2CC[C@H]1C[C@H]2[C@H](Oc1nc(-c2ccccc2)ncc1-c1ccccc1)c1ccnc2ccc(OC)cc12. The van der Waals surface area contributed by atoms with E-state index >= 15 is 0 Å². The third-order valence-electron chi connectivity index (χ3n) is 9.21. The van der Waals surface area contributed by atoms with Crippen molar-refractivity contribution in [1.82, 2.24) is 19.9 Å². The van der Waals surface area contributed by atoms with E-state index in [-0.39, 0.29) is 12.1 Å². The number of ether oxygens (including phenoxy) is 2. The first-order chi connectivity index (χ1) is 20.7. The minimum atomic E-state index is -0.246. The largest absolute Gasteiger partial charge is 0.497 e. The monoisotopic (exact) mass is 556 g/mol. The van der Waals surface area contributed by atoms with Crippen molar-refractivity contribution in [3.63, 3.8) is 0 Å². The van der Waals surface area contributed by atoms with Gasteiger partial charge in [0.05, 0.1) is 24.2 Å². The van der Waals surface area contributed by atoms with Crippen molar-refractivity contribution in [2.75, 3.05) is 20.2 Å². The van der Waals surface area contributed by atoms with Gasteiger partial charge in [0.1, 0.15) is 11.9 Å². The average Bonchev–Trinajstić information content (AvgIpc) is 3.07. The van der Waals surface area contributed by atoms with Crippen molar-refractivity contribution in [3.8, 4) is 34.1 Å².